The van der Waals surface area contributed by atoms with Crippen LogP contribution < -0.4 is 10.2 Å². The first-order valence-corrected chi connectivity index (χ1v) is 8.97. The van der Waals surface area contributed by atoms with Gasteiger partial charge in [0.05, 0.1) is 5.92 Å². The summed E-state index contributed by atoms with van der Waals surface area (Å²) < 4.78 is 1.73. The Bertz CT molecular complexity index is 956. The molecule has 1 amide bonds. The zero-order chi connectivity index (χ0) is 18.1. The lowest BCUT2D eigenvalue weighted by Gasteiger charge is -2.33. The van der Waals surface area contributed by atoms with Gasteiger partial charge in [-0.25, -0.2) is 4.98 Å². The number of anilines is 2. The summed E-state index contributed by atoms with van der Waals surface area (Å²) in [5, 5.41) is 7.84. The number of carbonyl (C=O) groups is 1. The third-order valence-corrected chi connectivity index (χ3v) is 4.80. The first-order valence-electron chi connectivity index (χ1n) is 8.59. The van der Waals surface area contributed by atoms with Crippen molar-refractivity contribution in [3.63, 3.8) is 0 Å². The normalized spacial score (nSPS) is 17.5. The topological polar surface area (TPSA) is 75.4 Å². The molecule has 26 heavy (non-hydrogen) atoms. The third-order valence-electron chi connectivity index (χ3n) is 4.57. The Balaban J connectivity index is 1.53. The van der Waals surface area contributed by atoms with E-state index in [-0.39, 0.29) is 11.8 Å². The van der Waals surface area contributed by atoms with Crippen LogP contribution in [0.4, 0.5) is 11.5 Å². The maximum Gasteiger partial charge on any atom is 0.254 e. The molecule has 1 fully saturated rings. The number of aromatic nitrogens is 4. The number of piperidine rings is 1. The molecule has 3 aromatic rings. The van der Waals surface area contributed by atoms with Crippen molar-refractivity contribution in [1.29, 1.82) is 0 Å². The van der Waals surface area contributed by atoms with Crippen molar-refractivity contribution in [1.82, 2.24) is 19.6 Å². The number of amides is 1. The van der Waals surface area contributed by atoms with Crippen LogP contribution in [0.5, 0.6) is 0 Å². The quantitative estimate of drug-likeness (QED) is 0.767. The van der Waals surface area contributed by atoms with E-state index in [9.17, 15) is 4.79 Å². The van der Waals surface area contributed by atoms with E-state index in [0.29, 0.717) is 17.3 Å². The molecule has 1 aliphatic rings. The molecule has 0 aliphatic carbocycles. The van der Waals surface area contributed by atoms with Gasteiger partial charge in [-0.05, 0) is 38.0 Å². The predicted molar refractivity (Wildman–Crippen MR) is 101 cm³/mol. The highest BCUT2D eigenvalue weighted by molar-refractivity contribution is 6.30. The van der Waals surface area contributed by atoms with Gasteiger partial charge >= 0.3 is 0 Å². The summed E-state index contributed by atoms with van der Waals surface area (Å²) in [6.45, 7) is 3.44. The van der Waals surface area contributed by atoms with E-state index in [0.717, 1.165) is 36.6 Å². The number of aryl methyl sites for hydroxylation is 1. The fourth-order valence-corrected chi connectivity index (χ4v) is 3.54. The number of nitrogens with zero attached hydrogens (tertiary/aromatic N) is 5. The molecule has 8 heteroatoms. The van der Waals surface area contributed by atoms with Crippen LogP contribution in [0, 0.1) is 12.8 Å². The van der Waals surface area contributed by atoms with Gasteiger partial charge in [0.2, 0.25) is 5.91 Å². The Kier molecular flexibility index (Phi) is 4.46. The van der Waals surface area contributed by atoms with Gasteiger partial charge in [0.25, 0.3) is 5.78 Å². The first-order chi connectivity index (χ1) is 12.6. The van der Waals surface area contributed by atoms with E-state index >= 15 is 0 Å². The zero-order valence-electron chi connectivity index (χ0n) is 14.4. The summed E-state index contributed by atoms with van der Waals surface area (Å²) >= 11 is 6.00. The molecule has 0 saturated carbocycles. The summed E-state index contributed by atoms with van der Waals surface area (Å²) in [6, 6.07) is 9.20. The monoisotopic (exact) mass is 370 g/mol. The molecule has 3 heterocycles. The van der Waals surface area contributed by atoms with Crippen LogP contribution in [-0.4, -0.2) is 38.6 Å². The molecule has 1 saturated heterocycles. The second-order valence-electron chi connectivity index (χ2n) is 6.51. The van der Waals surface area contributed by atoms with Crippen molar-refractivity contribution in [2.24, 2.45) is 5.92 Å². The lowest BCUT2D eigenvalue weighted by atomic mass is 9.97. The minimum absolute atomic E-state index is 0.0116. The lowest BCUT2D eigenvalue weighted by Crippen LogP contribution is -2.41. The molecule has 0 bridgehead atoms. The SMILES string of the molecule is Cc1cc(N2CCC[C@H](C(=O)Nc3cccc(Cl)c3)C2)n2ncnc2n1. The largest absolute Gasteiger partial charge is 0.356 e. The molecular weight excluding hydrogens is 352 g/mol. The second-order valence-corrected chi connectivity index (χ2v) is 6.95. The smallest absolute Gasteiger partial charge is 0.254 e. The molecule has 1 N–H and O–H groups in total. The van der Waals surface area contributed by atoms with Crippen LogP contribution in [0.2, 0.25) is 5.02 Å². The van der Waals surface area contributed by atoms with Crippen molar-refractivity contribution in [3.05, 3.63) is 47.4 Å². The third kappa shape index (κ3) is 3.35. The minimum Gasteiger partial charge on any atom is -0.356 e. The number of benzene rings is 1. The van der Waals surface area contributed by atoms with Gasteiger partial charge in [-0.3, -0.25) is 4.79 Å². The fourth-order valence-electron chi connectivity index (χ4n) is 3.35. The van der Waals surface area contributed by atoms with Gasteiger partial charge in [-0.15, -0.1) is 0 Å². The van der Waals surface area contributed by atoms with Crippen LogP contribution in [0.25, 0.3) is 5.78 Å². The molecule has 1 aliphatic heterocycles. The Morgan fingerprint density at radius 3 is 3.08 bits per heavy atom. The fraction of sp³-hybridized carbons (Fsp3) is 0.333. The number of rotatable bonds is 3. The summed E-state index contributed by atoms with van der Waals surface area (Å²) in [5.41, 5.74) is 1.60. The molecule has 4 rings (SSSR count). The Labute approximate surface area is 156 Å². The molecule has 0 unspecified atom stereocenters. The standard InChI is InChI=1S/C18H19ClN6O/c1-12-8-16(25-18(22-12)20-11-21-25)24-7-3-4-13(10-24)17(26)23-15-6-2-5-14(19)9-15/h2,5-6,8-9,11,13H,3-4,7,10H2,1H3,(H,23,26)/t13-/m0/s1. The zero-order valence-corrected chi connectivity index (χ0v) is 15.1. The van der Waals surface area contributed by atoms with E-state index in [2.05, 4.69) is 25.3 Å². The highest BCUT2D eigenvalue weighted by atomic mass is 35.5. The van der Waals surface area contributed by atoms with Crippen LogP contribution >= 0.6 is 11.6 Å². The first kappa shape index (κ1) is 16.8. The van der Waals surface area contributed by atoms with Gasteiger partial charge in [0.15, 0.2) is 0 Å². The molecule has 1 aromatic carbocycles. The van der Waals surface area contributed by atoms with E-state index in [1.165, 1.54) is 6.33 Å². The summed E-state index contributed by atoms with van der Waals surface area (Å²) in [5.74, 6) is 1.41. The Hall–Kier alpha value is -2.67. The predicted octanol–water partition coefficient (Wildman–Crippen LogP) is 2.94. The number of hydrogen-bond donors (Lipinski definition) is 1. The van der Waals surface area contributed by atoms with Gasteiger partial charge in [-0.1, -0.05) is 17.7 Å². The number of hydrogen-bond acceptors (Lipinski definition) is 5. The highest BCUT2D eigenvalue weighted by Crippen LogP contribution is 2.25. The summed E-state index contributed by atoms with van der Waals surface area (Å²) in [4.78, 5) is 23.4. The van der Waals surface area contributed by atoms with Gasteiger partial charge < -0.3 is 10.2 Å². The molecule has 134 valence electrons. The molecule has 2 aromatic heterocycles. The van der Waals surface area contributed by atoms with Crippen LogP contribution in [0.3, 0.4) is 0 Å². The second kappa shape index (κ2) is 6.92. The van der Waals surface area contributed by atoms with Crippen molar-refractivity contribution in [2.75, 3.05) is 23.3 Å². The van der Waals surface area contributed by atoms with E-state index in [4.69, 9.17) is 11.6 Å². The maximum absolute atomic E-state index is 12.7. The Morgan fingerprint density at radius 1 is 1.35 bits per heavy atom. The van der Waals surface area contributed by atoms with Crippen LogP contribution in [-0.2, 0) is 4.79 Å². The van der Waals surface area contributed by atoms with Gasteiger partial charge in [0.1, 0.15) is 12.1 Å². The number of nitrogens with one attached hydrogen (secondary N) is 1. The van der Waals surface area contributed by atoms with E-state index in [1.807, 2.05) is 25.1 Å². The summed E-state index contributed by atoms with van der Waals surface area (Å²) in [6.07, 6.45) is 3.29. The molecule has 0 spiro atoms. The summed E-state index contributed by atoms with van der Waals surface area (Å²) in [7, 11) is 0. The van der Waals surface area contributed by atoms with E-state index in [1.54, 1.807) is 16.6 Å². The van der Waals surface area contributed by atoms with Crippen LogP contribution in [0.15, 0.2) is 36.7 Å². The van der Waals surface area contributed by atoms with Gasteiger partial charge in [-0.2, -0.15) is 14.6 Å². The van der Waals surface area contributed by atoms with Crippen molar-refractivity contribution < 1.29 is 4.79 Å². The number of carbonyl (C=O) groups excluding carboxylic acids is 1. The molecular formula is C18H19ClN6O. The molecule has 1 atom stereocenters. The average Bonchev–Trinajstić information content (AvgIpc) is 3.09. The Morgan fingerprint density at radius 2 is 2.23 bits per heavy atom. The minimum atomic E-state index is -0.102. The van der Waals surface area contributed by atoms with Crippen LogP contribution in [0.1, 0.15) is 18.5 Å². The maximum atomic E-state index is 12.7. The average molecular weight is 371 g/mol. The molecule has 7 nitrogen and oxygen atoms in total. The highest BCUT2D eigenvalue weighted by Gasteiger charge is 2.27. The van der Waals surface area contributed by atoms with Crippen molar-refractivity contribution in [3.8, 4) is 0 Å². The van der Waals surface area contributed by atoms with Crippen molar-refractivity contribution in [2.45, 2.75) is 19.8 Å². The van der Waals surface area contributed by atoms with E-state index < -0.39 is 0 Å². The number of fused-ring (bicyclic) bond motifs is 1. The lowest BCUT2D eigenvalue weighted by molar-refractivity contribution is -0.120. The molecule has 0 radical (unpaired) electrons. The number of halogens is 1. The van der Waals surface area contributed by atoms with Crippen molar-refractivity contribution >= 4 is 34.8 Å². The van der Waals surface area contributed by atoms with Gasteiger partial charge in [0, 0.05) is 35.6 Å².